The molecule has 0 spiro atoms. The molecule has 3 rings (SSSR count). The minimum atomic E-state index is -0.533. The molecule has 2 aromatic rings. The Kier molecular flexibility index (Phi) is 9.68. The highest BCUT2D eigenvalue weighted by molar-refractivity contribution is 7.15. The second-order valence-corrected chi connectivity index (χ2v) is 12.1. The number of benzene rings is 1. The third kappa shape index (κ3) is 8.55. The average Bonchev–Trinajstić information content (AvgIpc) is 3.17. The molecule has 0 saturated heterocycles. The standard InChI is InChI=1S/C27H35Cl2N3O2S/c1-18(2)15-23-24(20-11-12-21(28)22(29)16-20)31-25(35-23)32(17-19-9-7-6-8-10-19)14-13-30-26(33)34-27(3,4)5/h6-11,16,18,21H,12-15,17H2,1-5H3,(H,30,33). The number of amides is 1. The van der Waals surface area contributed by atoms with Crippen molar-refractivity contribution in [1.82, 2.24) is 10.3 Å². The molecular formula is C27H35Cl2N3O2S. The summed E-state index contributed by atoms with van der Waals surface area (Å²) < 4.78 is 5.39. The monoisotopic (exact) mass is 535 g/mol. The molecular weight excluding hydrogens is 501 g/mol. The topological polar surface area (TPSA) is 54.5 Å². The molecule has 1 atom stereocenters. The van der Waals surface area contributed by atoms with E-state index >= 15 is 0 Å². The Bertz CT molecular complexity index is 1060. The van der Waals surface area contributed by atoms with Crippen molar-refractivity contribution in [3.8, 4) is 0 Å². The Morgan fingerprint density at radius 3 is 2.63 bits per heavy atom. The van der Waals surface area contributed by atoms with Crippen LogP contribution in [0.2, 0.25) is 0 Å². The Hall–Kier alpha value is -2.02. The molecule has 1 aliphatic carbocycles. The van der Waals surface area contributed by atoms with Gasteiger partial charge in [0.15, 0.2) is 5.13 Å². The van der Waals surface area contributed by atoms with Crippen molar-refractivity contribution in [1.29, 1.82) is 0 Å². The van der Waals surface area contributed by atoms with Crippen molar-refractivity contribution in [3.63, 3.8) is 0 Å². The molecule has 0 bridgehead atoms. The number of thiazole rings is 1. The van der Waals surface area contributed by atoms with Crippen LogP contribution in [0.25, 0.3) is 5.57 Å². The van der Waals surface area contributed by atoms with Crippen molar-refractivity contribution >= 4 is 51.3 Å². The van der Waals surface area contributed by atoms with Gasteiger partial charge < -0.3 is 15.0 Å². The number of ether oxygens (including phenoxy) is 1. The zero-order valence-electron chi connectivity index (χ0n) is 21.1. The summed E-state index contributed by atoms with van der Waals surface area (Å²) in [4.78, 5) is 20.7. The number of nitrogens with one attached hydrogen (secondary N) is 1. The third-order valence-corrected chi connectivity index (χ3v) is 7.26. The number of allylic oxidation sites excluding steroid dienone is 4. The van der Waals surface area contributed by atoms with E-state index in [2.05, 4.69) is 42.3 Å². The third-order valence-electron chi connectivity index (χ3n) is 5.23. The van der Waals surface area contributed by atoms with Crippen molar-refractivity contribution < 1.29 is 9.53 Å². The fraction of sp³-hybridized carbons (Fsp3) is 0.481. The predicted octanol–water partition coefficient (Wildman–Crippen LogP) is 7.39. The summed E-state index contributed by atoms with van der Waals surface area (Å²) >= 11 is 14.4. The maximum absolute atomic E-state index is 12.2. The Labute approximate surface area is 223 Å². The van der Waals surface area contributed by atoms with E-state index in [1.165, 1.54) is 10.4 Å². The number of hydrogen-bond donors (Lipinski definition) is 1. The van der Waals surface area contributed by atoms with Crippen LogP contribution in [-0.2, 0) is 17.7 Å². The highest BCUT2D eigenvalue weighted by Crippen LogP contribution is 2.37. The minimum absolute atomic E-state index is 0.180. The van der Waals surface area contributed by atoms with Gasteiger partial charge in [0.25, 0.3) is 0 Å². The van der Waals surface area contributed by atoms with Crippen molar-refractivity contribution in [2.45, 2.75) is 65.0 Å². The first-order chi connectivity index (χ1) is 16.5. The Morgan fingerprint density at radius 2 is 2.00 bits per heavy atom. The first-order valence-electron chi connectivity index (χ1n) is 12.0. The van der Waals surface area contributed by atoms with Gasteiger partial charge in [-0.1, -0.05) is 61.9 Å². The summed E-state index contributed by atoms with van der Waals surface area (Å²) in [5.41, 5.74) is 2.64. The molecule has 1 heterocycles. The molecule has 1 unspecified atom stereocenters. The molecule has 0 fully saturated rings. The number of carbonyl (C=O) groups excluding carboxylic acids is 1. The van der Waals surface area contributed by atoms with Crippen LogP contribution >= 0.6 is 34.5 Å². The molecule has 190 valence electrons. The van der Waals surface area contributed by atoms with Crippen LogP contribution in [-0.4, -0.2) is 35.1 Å². The summed E-state index contributed by atoms with van der Waals surface area (Å²) in [6.45, 7) is 11.7. The molecule has 1 aromatic carbocycles. The van der Waals surface area contributed by atoms with E-state index < -0.39 is 11.7 Å². The smallest absolute Gasteiger partial charge is 0.407 e. The lowest BCUT2D eigenvalue weighted by Crippen LogP contribution is -2.38. The van der Waals surface area contributed by atoms with Crippen molar-refractivity contribution in [2.24, 2.45) is 5.92 Å². The first-order valence-corrected chi connectivity index (χ1v) is 13.6. The minimum Gasteiger partial charge on any atom is -0.444 e. The van der Waals surface area contributed by atoms with Gasteiger partial charge >= 0.3 is 6.09 Å². The van der Waals surface area contributed by atoms with Crippen LogP contribution in [0.15, 0.2) is 47.5 Å². The van der Waals surface area contributed by atoms with Crippen molar-refractivity contribution in [3.05, 3.63) is 63.7 Å². The summed E-state index contributed by atoms with van der Waals surface area (Å²) in [7, 11) is 0. The molecule has 1 aromatic heterocycles. The van der Waals surface area contributed by atoms with Crippen LogP contribution in [0.5, 0.6) is 0 Å². The molecule has 35 heavy (non-hydrogen) atoms. The van der Waals surface area contributed by atoms with E-state index in [9.17, 15) is 4.79 Å². The number of hydrogen-bond acceptors (Lipinski definition) is 5. The Morgan fingerprint density at radius 1 is 1.29 bits per heavy atom. The number of carbonyl (C=O) groups is 1. The SMILES string of the molecule is CC(C)Cc1sc(N(CCNC(=O)OC(C)(C)C)Cc2ccccc2)nc1C1=CCC(Cl)C(Cl)=C1. The van der Waals surface area contributed by atoms with Crippen LogP contribution in [0, 0.1) is 5.92 Å². The number of anilines is 1. The van der Waals surface area contributed by atoms with Crippen LogP contribution in [0.1, 0.15) is 57.2 Å². The van der Waals surface area contributed by atoms with Gasteiger partial charge in [-0.2, -0.15) is 0 Å². The Balaban J connectivity index is 1.86. The summed E-state index contributed by atoms with van der Waals surface area (Å²) in [6, 6.07) is 10.3. The van der Waals surface area contributed by atoms with Gasteiger partial charge in [0.2, 0.25) is 0 Å². The van der Waals surface area contributed by atoms with Gasteiger partial charge in [0.1, 0.15) is 5.60 Å². The molecule has 0 aliphatic heterocycles. The first kappa shape index (κ1) is 27.6. The van der Waals surface area contributed by atoms with E-state index in [0.717, 1.165) is 22.8 Å². The second-order valence-electron chi connectivity index (χ2n) is 10.1. The van der Waals surface area contributed by atoms with Gasteiger partial charge in [-0.25, -0.2) is 9.78 Å². The molecule has 0 radical (unpaired) electrons. The van der Waals surface area contributed by atoms with Crippen LogP contribution in [0.3, 0.4) is 0 Å². The fourth-order valence-corrected chi connectivity index (χ4v) is 5.35. The normalized spacial score (nSPS) is 16.1. The number of alkyl halides is 1. The predicted molar refractivity (Wildman–Crippen MR) is 149 cm³/mol. The molecule has 1 amide bonds. The van der Waals surface area contributed by atoms with Crippen LogP contribution in [0.4, 0.5) is 9.93 Å². The number of halogens is 2. The van der Waals surface area contributed by atoms with Crippen LogP contribution < -0.4 is 10.2 Å². The largest absolute Gasteiger partial charge is 0.444 e. The molecule has 8 heteroatoms. The number of nitrogens with zero attached hydrogens (tertiary/aromatic N) is 2. The lowest BCUT2D eigenvalue weighted by Gasteiger charge is -2.23. The maximum Gasteiger partial charge on any atom is 0.407 e. The zero-order chi connectivity index (χ0) is 25.6. The van der Waals surface area contributed by atoms with E-state index in [1.807, 2.05) is 45.0 Å². The fourth-order valence-electron chi connectivity index (χ4n) is 3.67. The van der Waals surface area contributed by atoms with Gasteiger partial charge in [-0.05, 0) is 56.7 Å². The highest BCUT2D eigenvalue weighted by atomic mass is 35.5. The van der Waals surface area contributed by atoms with E-state index in [1.54, 1.807) is 11.3 Å². The molecule has 1 N–H and O–H groups in total. The average molecular weight is 537 g/mol. The van der Waals surface area contributed by atoms with Gasteiger partial charge in [-0.3, -0.25) is 0 Å². The number of alkyl carbamates (subject to hydrolysis) is 1. The summed E-state index contributed by atoms with van der Waals surface area (Å²) in [5, 5.41) is 4.26. The molecule has 5 nitrogen and oxygen atoms in total. The second kappa shape index (κ2) is 12.3. The maximum atomic E-state index is 12.2. The summed E-state index contributed by atoms with van der Waals surface area (Å²) in [6.07, 6.45) is 5.26. The van der Waals surface area contributed by atoms with E-state index in [0.29, 0.717) is 37.0 Å². The number of rotatable bonds is 9. The van der Waals surface area contributed by atoms with Gasteiger partial charge in [0, 0.05) is 29.5 Å². The van der Waals surface area contributed by atoms with Gasteiger partial charge in [0.05, 0.1) is 11.1 Å². The number of aromatic nitrogens is 1. The lowest BCUT2D eigenvalue weighted by molar-refractivity contribution is 0.0529. The van der Waals surface area contributed by atoms with Gasteiger partial charge in [-0.15, -0.1) is 22.9 Å². The van der Waals surface area contributed by atoms with E-state index in [-0.39, 0.29) is 5.38 Å². The highest BCUT2D eigenvalue weighted by Gasteiger charge is 2.23. The summed E-state index contributed by atoms with van der Waals surface area (Å²) in [5.74, 6) is 0.489. The lowest BCUT2D eigenvalue weighted by atomic mass is 10.0. The quantitative estimate of drug-likeness (QED) is 0.340. The molecule has 0 saturated carbocycles. The van der Waals surface area contributed by atoms with Crippen molar-refractivity contribution in [2.75, 3.05) is 18.0 Å². The molecule has 1 aliphatic rings. The zero-order valence-corrected chi connectivity index (χ0v) is 23.4. The van der Waals surface area contributed by atoms with E-state index in [4.69, 9.17) is 32.9 Å².